The molecule has 1 rings (SSSR count). The van der Waals surface area contributed by atoms with Crippen LogP contribution in [0.1, 0.15) is 16.2 Å². The van der Waals surface area contributed by atoms with Crippen molar-refractivity contribution >= 4 is 16.0 Å². The predicted molar refractivity (Wildman–Crippen MR) is 46.3 cm³/mol. The van der Waals surface area contributed by atoms with Crippen molar-refractivity contribution in [2.24, 2.45) is 12.2 Å². The lowest BCUT2D eigenvalue weighted by Crippen LogP contribution is -2.16. The second kappa shape index (κ2) is 3.07. The highest BCUT2D eigenvalue weighted by atomic mass is 32.2. The van der Waals surface area contributed by atoms with Crippen LogP contribution in [0.25, 0.3) is 0 Å². The van der Waals surface area contributed by atoms with Gasteiger partial charge in [0.1, 0.15) is 4.90 Å². The van der Waals surface area contributed by atoms with E-state index in [-0.39, 0.29) is 5.69 Å². The summed E-state index contributed by atoms with van der Waals surface area (Å²) >= 11 is 0. The van der Waals surface area contributed by atoms with Crippen molar-refractivity contribution < 1.29 is 18.3 Å². The molecule has 78 valence electrons. The summed E-state index contributed by atoms with van der Waals surface area (Å²) in [5.41, 5.74) is -0.350. The summed E-state index contributed by atoms with van der Waals surface area (Å²) in [7, 11) is -2.61. The Morgan fingerprint density at radius 3 is 2.36 bits per heavy atom. The van der Waals surface area contributed by atoms with Gasteiger partial charge in [-0.2, -0.15) is 5.10 Å². The van der Waals surface area contributed by atoms with Crippen LogP contribution in [-0.2, 0) is 17.1 Å². The van der Waals surface area contributed by atoms with Crippen molar-refractivity contribution in [3.63, 3.8) is 0 Å². The Bertz CT molecular complexity index is 487. The minimum absolute atomic E-state index is 0.199. The second-order valence-corrected chi connectivity index (χ2v) is 4.24. The van der Waals surface area contributed by atoms with E-state index in [9.17, 15) is 13.2 Å². The van der Waals surface area contributed by atoms with Gasteiger partial charge < -0.3 is 5.11 Å². The van der Waals surface area contributed by atoms with E-state index in [4.69, 9.17) is 10.2 Å². The number of carboxylic acids is 1. The number of aromatic carboxylic acids is 1. The molecule has 1 aromatic rings. The number of aromatic nitrogens is 2. The highest BCUT2D eigenvalue weighted by molar-refractivity contribution is 7.89. The van der Waals surface area contributed by atoms with E-state index in [1.165, 1.54) is 14.0 Å². The van der Waals surface area contributed by atoms with E-state index >= 15 is 0 Å². The topological polar surface area (TPSA) is 115 Å². The van der Waals surface area contributed by atoms with Gasteiger partial charge in [0.25, 0.3) is 0 Å². The molecule has 7 nitrogen and oxygen atoms in total. The number of aryl methyl sites for hydroxylation is 1. The summed E-state index contributed by atoms with van der Waals surface area (Å²) < 4.78 is 23.3. The van der Waals surface area contributed by atoms with Crippen LogP contribution < -0.4 is 5.14 Å². The number of carboxylic acid groups (broad SMARTS) is 1. The molecule has 0 atom stereocenters. The molecule has 1 heterocycles. The molecule has 0 amide bonds. The molecule has 1 aromatic heterocycles. The molecule has 0 aliphatic carbocycles. The van der Waals surface area contributed by atoms with Crippen LogP contribution >= 0.6 is 0 Å². The van der Waals surface area contributed by atoms with Crippen molar-refractivity contribution in [1.82, 2.24) is 9.78 Å². The molecule has 0 saturated heterocycles. The third kappa shape index (κ3) is 1.61. The Morgan fingerprint density at radius 1 is 1.57 bits per heavy atom. The normalized spacial score (nSPS) is 11.6. The lowest BCUT2D eigenvalue weighted by molar-refractivity contribution is 0.0685. The number of carbonyl (C=O) groups is 1. The van der Waals surface area contributed by atoms with Gasteiger partial charge in [-0.15, -0.1) is 0 Å². The van der Waals surface area contributed by atoms with Gasteiger partial charge in [0.15, 0.2) is 5.69 Å². The lowest BCUT2D eigenvalue weighted by atomic mass is 10.4. The van der Waals surface area contributed by atoms with Crippen LogP contribution in [0.4, 0.5) is 0 Å². The molecule has 0 saturated carbocycles. The molecule has 8 heteroatoms. The van der Waals surface area contributed by atoms with E-state index in [2.05, 4.69) is 5.10 Å². The average molecular weight is 219 g/mol. The zero-order chi connectivity index (χ0) is 11.1. The summed E-state index contributed by atoms with van der Waals surface area (Å²) in [5.74, 6) is -1.42. The molecular formula is C6H9N3O4S. The summed E-state index contributed by atoms with van der Waals surface area (Å²) in [6.07, 6.45) is 0. The SMILES string of the molecule is Cc1c(S(N)(=O)=O)c(C(=O)O)nn1C. The van der Waals surface area contributed by atoms with Gasteiger partial charge in [0.05, 0.1) is 5.69 Å². The molecular weight excluding hydrogens is 210 g/mol. The van der Waals surface area contributed by atoms with Crippen LogP contribution in [0, 0.1) is 6.92 Å². The van der Waals surface area contributed by atoms with E-state index < -0.39 is 26.6 Å². The summed E-state index contributed by atoms with van der Waals surface area (Å²) in [5, 5.41) is 17.1. The zero-order valence-electron chi connectivity index (χ0n) is 7.55. The fourth-order valence-corrected chi connectivity index (χ4v) is 2.01. The van der Waals surface area contributed by atoms with E-state index in [0.717, 1.165) is 4.68 Å². The first-order valence-electron chi connectivity index (χ1n) is 3.55. The first-order chi connectivity index (χ1) is 6.25. The number of rotatable bonds is 2. The summed E-state index contributed by atoms with van der Waals surface area (Å²) in [6, 6.07) is 0. The molecule has 0 aliphatic heterocycles. The molecule has 0 fully saturated rings. The zero-order valence-corrected chi connectivity index (χ0v) is 8.37. The van der Waals surface area contributed by atoms with Gasteiger partial charge >= 0.3 is 5.97 Å². The highest BCUT2D eigenvalue weighted by Crippen LogP contribution is 2.17. The Labute approximate surface area is 80.2 Å². The number of hydrogen-bond donors (Lipinski definition) is 2. The average Bonchev–Trinajstić information content (AvgIpc) is 2.27. The van der Waals surface area contributed by atoms with Gasteiger partial charge in [0.2, 0.25) is 10.0 Å². The maximum absolute atomic E-state index is 11.1. The lowest BCUT2D eigenvalue weighted by Gasteiger charge is -1.97. The third-order valence-corrected chi connectivity index (χ3v) is 2.82. The smallest absolute Gasteiger partial charge is 0.357 e. The van der Waals surface area contributed by atoms with Gasteiger partial charge in [-0.25, -0.2) is 18.4 Å². The number of sulfonamides is 1. The predicted octanol–water partition coefficient (Wildman–Crippen LogP) is -0.926. The highest BCUT2D eigenvalue weighted by Gasteiger charge is 2.26. The maximum atomic E-state index is 11.1. The Balaban J connectivity index is 3.63. The Kier molecular flexibility index (Phi) is 2.34. The van der Waals surface area contributed by atoms with Gasteiger partial charge in [-0.05, 0) is 6.92 Å². The second-order valence-electron chi connectivity index (χ2n) is 2.74. The van der Waals surface area contributed by atoms with Crippen LogP contribution in [0.15, 0.2) is 4.90 Å². The molecule has 14 heavy (non-hydrogen) atoms. The molecule has 0 unspecified atom stereocenters. The summed E-state index contributed by atoms with van der Waals surface area (Å²) in [6.45, 7) is 1.43. The molecule has 0 bridgehead atoms. The van der Waals surface area contributed by atoms with E-state index in [1.54, 1.807) is 0 Å². The standard InChI is InChI=1S/C6H9N3O4S/c1-3-5(14(7,12)13)4(6(10)11)8-9(3)2/h1-2H3,(H,10,11)(H2,7,12,13). The quantitative estimate of drug-likeness (QED) is 0.667. The fourth-order valence-electron chi connectivity index (χ4n) is 1.07. The largest absolute Gasteiger partial charge is 0.476 e. The van der Waals surface area contributed by atoms with Crippen molar-refractivity contribution in [3.05, 3.63) is 11.4 Å². The number of nitrogens with zero attached hydrogens (tertiary/aromatic N) is 2. The maximum Gasteiger partial charge on any atom is 0.357 e. The van der Waals surface area contributed by atoms with E-state index in [0.29, 0.717) is 0 Å². The monoisotopic (exact) mass is 219 g/mol. The molecule has 0 aromatic carbocycles. The number of hydrogen-bond acceptors (Lipinski definition) is 4. The van der Waals surface area contributed by atoms with Crippen LogP contribution in [0.5, 0.6) is 0 Å². The molecule has 0 radical (unpaired) electrons. The van der Waals surface area contributed by atoms with Crippen LogP contribution in [0.3, 0.4) is 0 Å². The molecule has 0 spiro atoms. The van der Waals surface area contributed by atoms with Crippen LogP contribution in [-0.4, -0.2) is 29.3 Å². The Morgan fingerprint density at radius 2 is 2.07 bits per heavy atom. The van der Waals surface area contributed by atoms with E-state index in [1.807, 2.05) is 0 Å². The van der Waals surface area contributed by atoms with Crippen molar-refractivity contribution in [2.75, 3.05) is 0 Å². The van der Waals surface area contributed by atoms with Crippen molar-refractivity contribution in [2.45, 2.75) is 11.8 Å². The first-order valence-corrected chi connectivity index (χ1v) is 5.09. The molecule has 3 N–H and O–H groups in total. The number of primary sulfonamides is 1. The minimum atomic E-state index is -4.05. The summed E-state index contributed by atoms with van der Waals surface area (Å²) in [4.78, 5) is 10.2. The van der Waals surface area contributed by atoms with Crippen molar-refractivity contribution in [3.8, 4) is 0 Å². The van der Waals surface area contributed by atoms with Crippen molar-refractivity contribution in [1.29, 1.82) is 0 Å². The first kappa shape index (κ1) is 10.7. The fraction of sp³-hybridized carbons (Fsp3) is 0.333. The Hall–Kier alpha value is -1.41. The third-order valence-electron chi connectivity index (χ3n) is 1.77. The van der Waals surface area contributed by atoms with Gasteiger partial charge in [-0.1, -0.05) is 0 Å². The van der Waals surface area contributed by atoms with Crippen LogP contribution in [0.2, 0.25) is 0 Å². The van der Waals surface area contributed by atoms with Gasteiger partial charge in [0, 0.05) is 7.05 Å². The molecule has 0 aliphatic rings. The number of nitrogens with two attached hydrogens (primary N) is 1. The minimum Gasteiger partial charge on any atom is -0.476 e. The van der Waals surface area contributed by atoms with Gasteiger partial charge in [-0.3, -0.25) is 4.68 Å².